The zero-order valence-corrected chi connectivity index (χ0v) is 17.5. The minimum atomic E-state index is -0.956. The Bertz CT molecular complexity index is 917. The van der Waals surface area contributed by atoms with Crippen LogP contribution in [0.15, 0.2) is 17.4 Å². The van der Waals surface area contributed by atoms with Gasteiger partial charge in [-0.2, -0.15) is 17.7 Å². The van der Waals surface area contributed by atoms with Crippen molar-refractivity contribution in [3.63, 3.8) is 0 Å². The molecule has 2 aliphatic rings. The third-order valence-corrected chi connectivity index (χ3v) is 6.21. The zero-order valence-electron chi connectivity index (χ0n) is 16.6. The van der Waals surface area contributed by atoms with E-state index in [9.17, 15) is 9.70 Å². The van der Waals surface area contributed by atoms with Gasteiger partial charge in [-0.1, -0.05) is 5.18 Å². The van der Waals surface area contributed by atoms with Gasteiger partial charge in [0.2, 0.25) is 0 Å². The number of nitrogens with zero attached hydrogens (tertiary/aromatic N) is 6. The number of rotatable bonds is 5. The van der Waals surface area contributed by atoms with E-state index in [2.05, 4.69) is 22.7 Å². The number of nitrogens with two attached hydrogens (primary N) is 1. The molecule has 2 N–H and O–H groups in total. The minimum Gasteiger partial charge on any atom is -0.355 e. The fourth-order valence-corrected chi connectivity index (χ4v) is 4.56. The van der Waals surface area contributed by atoms with Gasteiger partial charge in [0, 0.05) is 49.3 Å². The molecule has 10 heteroatoms. The highest BCUT2D eigenvalue weighted by Gasteiger charge is 2.34. The molecule has 4 rings (SSSR count). The number of anilines is 1. The van der Waals surface area contributed by atoms with Crippen molar-refractivity contribution in [2.24, 2.45) is 10.9 Å². The average molecular weight is 418 g/mol. The number of thiol groups is 1. The van der Waals surface area contributed by atoms with Crippen molar-refractivity contribution in [3.05, 3.63) is 28.4 Å². The van der Waals surface area contributed by atoms with Gasteiger partial charge >= 0.3 is 0 Å². The van der Waals surface area contributed by atoms with E-state index in [4.69, 9.17) is 15.8 Å². The lowest BCUT2D eigenvalue weighted by atomic mass is 9.98. The molecule has 1 amide bonds. The number of hydrogen-bond donors (Lipinski definition) is 2. The molecule has 0 aliphatic carbocycles. The summed E-state index contributed by atoms with van der Waals surface area (Å²) >= 11 is 4.10. The number of aryl methyl sites for hydroxylation is 1. The van der Waals surface area contributed by atoms with Crippen LogP contribution in [0.2, 0.25) is 0 Å². The first-order valence-electron chi connectivity index (χ1n) is 10.1. The van der Waals surface area contributed by atoms with Gasteiger partial charge in [0.05, 0.1) is 11.7 Å². The number of amides is 1. The van der Waals surface area contributed by atoms with Crippen LogP contribution in [0.1, 0.15) is 43.0 Å². The second-order valence-corrected chi connectivity index (χ2v) is 8.33. The Hall–Kier alpha value is -2.20. The first-order chi connectivity index (χ1) is 14.0. The molecule has 0 spiro atoms. The Balaban J connectivity index is 1.65. The summed E-state index contributed by atoms with van der Waals surface area (Å²) in [6.45, 7) is 4.33. The van der Waals surface area contributed by atoms with E-state index in [1.807, 2.05) is 19.2 Å². The number of hydrogen-bond acceptors (Lipinski definition) is 8. The number of carbonyl (C=O) groups is 1. The molecule has 0 aromatic carbocycles. The van der Waals surface area contributed by atoms with Crippen molar-refractivity contribution in [2.45, 2.75) is 50.7 Å². The monoisotopic (exact) mass is 417 g/mol. The van der Waals surface area contributed by atoms with Gasteiger partial charge in [-0.25, -0.2) is 9.50 Å². The lowest BCUT2D eigenvalue weighted by Gasteiger charge is -2.35. The number of piperidine rings is 1. The molecule has 156 valence electrons. The number of fused-ring (bicyclic) bond motifs is 1. The van der Waals surface area contributed by atoms with Crippen molar-refractivity contribution in [1.29, 1.82) is 0 Å². The van der Waals surface area contributed by atoms with Crippen LogP contribution < -0.4 is 10.6 Å². The third kappa shape index (κ3) is 3.83. The van der Waals surface area contributed by atoms with Crippen LogP contribution >= 0.6 is 12.6 Å². The van der Waals surface area contributed by atoms with Crippen molar-refractivity contribution in [3.8, 4) is 0 Å². The Morgan fingerprint density at radius 2 is 2.21 bits per heavy atom. The average Bonchev–Trinajstić information content (AvgIpc) is 3.33. The van der Waals surface area contributed by atoms with Crippen LogP contribution in [0, 0.1) is 11.8 Å². The Morgan fingerprint density at radius 3 is 2.90 bits per heavy atom. The third-order valence-electron chi connectivity index (χ3n) is 5.86. The highest BCUT2D eigenvalue weighted by molar-refractivity contribution is 7.80. The van der Waals surface area contributed by atoms with Gasteiger partial charge in [0.1, 0.15) is 5.82 Å². The van der Waals surface area contributed by atoms with Gasteiger partial charge in [-0.3, -0.25) is 4.79 Å². The van der Waals surface area contributed by atoms with Crippen LogP contribution in [-0.2, 0) is 4.79 Å². The molecule has 3 atom stereocenters. The summed E-state index contributed by atoms with van der Waals surface area (Å²) in [6, 6.07) is 0.994. The number of nitroso groups, excluding NO2 is 1. The SMILES string of the molecule is Cc1cn2nc([C@@H]3CCCCN3C(=O)C(CS)N=O)cc2nc1N1CC[C@H](N)C1. The Morgan fingerprint density at radius 1 is 1.38 bits per heavy atom. The van der Waals surface area contributed by atoms with Crippen LogP contribution in [0.4, 0.5) is 5.82 Å². The minimum absolute atomic E-state index is 0.110. The summed E-state index contributed by atoms with van der Waals surface area (Å²) in [5.41, 5.74) is 8.64. The quantitative estimate of drug-likeness (QED) is 0.566. The highest BCUT2D eigenvalue weighted by Crippen LogP contribution is 2.32. The lowest BCUT2D eigenvalue weighted by molar-refractivity contribution is -0.136. The van der Waals surface area contributed by atoms with E-state index in [0.29, 0.717) is 6.54 Å². The van der Waals surface area contributed by atoms with Gasteiger partial charge in [0.25, 0.3) is 5.91 Å². The van der Waals surface area contributed by atoms with Crippen molar-refractivity contribution in [1.82, 2.24) is 19.5 Å². The molecule has 0 radical (unpaired) electrons. The molecule has 29 heavy (non-hydrogen) atoms. The first-order valence-corrected chi connectivity index (χ1v) is 10.8. The maximum atomic E-state index is 12.8. The molecule has 0 saturated carbocycles. The second kappa shape index (κ2) is 8.27. The zero-order chi connectivity index (χ0) is 20.5. The van der Waals surface area contributed by atoms with Crippen LogP contribution in [0.25, 0.3) is 5.65 Å². The predicted molar refractivity (Wildman–Crippen MR) is 114 cm³/mol. The molecule has 2 saturated heterocycles. The van der Waals surface area contributed by atoms with Crippen LogP contribution in [-0.4, -0.2) is 62.9 Å². The largest absolute Gasteiger partial charge is 0.355 e. The lowest BCUT2D eigenvalue weighted by Crippen LogP contribution is -2.44. The Labute approximate surface area is 175 Å². The van der Waals surface area contributed by atoms with E-state index in [1.54, 1.807) is 9.42 Å². The number of aromatic nitrogens is 3. The summed E-state index contributed by atoms with van der Waals surface area (Å²) in [5, 5.41) is 7.67. The van der Waals surface area contributed by atoms with Crippen LogP contribution in [0.5, 0.6) is 0 Å². The molecule has 0 bridgehead atoms. The maximum Gasteiger partial charge on any atom is 0.252 e. The topological polar surface area (TPSA) is 109 Å². The smallest absolute Gasteiger partial charge is 0.252 e. The second-order valence-electron chi connectivity index (χ2n) is 7.96. The Kier molecular flexibility index (Phi) is 5.73. The molecule has 2 aromatic rings. The first kappa shape index (κ1) is 20.1. The predicted octanol–water partition coefficient (Wildman–Crippen LogP) is 1.69. The molecule has 2 fully saturated rings. The molecule has 2 aromatic heterocycles. The van der Waals surface area contributed by atoms with Gasteiger partial charge in [-0.05, 0) is 32.6 Å². The highest BCUT2D eigenvalue weighted by atomic mass is 32.1. The normalized spacial score (nSPS) is 23.6. The summed E-state index contributed by atoms with van der Waals surface area (Å²) in [7, 11) is 0. The number of carbonyl (C=O) groups excluding carboxylic acids is 1. The molecule has 9 nitrogen and oxygen atoms in total. The van der Waals surface area contributed by atoms with E-state index >= 15 is 0 Å². The maximum absolute atomic E-state index is 12.8. The summed E-state index contributed by atoms with van der Waals surface area (Å²) < 4.78 is 1.77. The van der Waals surface area contributed by atoms with E-state index in [-0.39, 0.29) is 23.7 Å². The van der Waals surface area contributed by atoms with Crippen molar-refractivity contribution >= 4 is 30.0 Å². The van der Waals surface area contributed by atoms with Gasteiger partial charge in [0.15, 0.2) is 11.7 Å². The molecular formula is C19H27N7O2S. The molecular weight excluding hydrogens is 390 g/mol. The molecule has 2 aliphatic heterocycles. The van der Waals surface area contributed by atoms with E-state index < -0.39 is 6.04 Å². The summed E-state index contributed by atoms with van der Waals surface area (Å²) in [5.74, 6) is 0.778. The molecule has 1 unspecified atom stereocenters. The van der Waals surface area contributed by atoms with E-state index in [1.165, 1.54) is 0 Å². The summed E-state index contributed by atoms with van der Waals surface area (Å²) in [4.78, 5) is 32.6. The van der Waals surface area contributed by atoms with E-state index in [0.717, 1.165) is 61.5 Å². The fraction of sp³-hybridized carbons (Fsp3) is 0.632. The fourth-order valence-electron chi connectivity index (χ4n) is 4.33. The van der Waals surface area contributed by atoms with Gasteiger partial charge in [-0.15, -0.1) is 4.91 Å². The van der Waals surface area contributed by atoms with Crippen LogP contribution in [0.3, 0.4) is 0 Å². The number of likely N-dealkylation sites (tertiary alicyclic amines) is 1. The van der Waals surface area contributed by atoms with Crippen molar-refractivity contribution in [2.75, 3.05) is 30.3 Å². The molecule has 4 heterocycles. The summed E-state index contributed by atoms with van der Waals surface area (Å²) in [6.07, 6.45) is 5.66. The standard InChI is InChI=1S/C19H27N7O2S/c1-12-9-26-17(21-18(12)24-7-5-13(20)10-24)8-14(22-26)16-4-2-3-6-25(16)19(27)15(11-29)23-28/h8-9,13,15-16,29H,2-7,10-11,20H2,1H3/t13-,15?,16-/m0/s1. The van der Waals surface area contributed by atoms with Gasteiger partial charge < -0.3 is 15.5 Å². The van der Waals surface area contributed by atoms with Crippen molar-refractivity contribution < 1.29 is 4.79 Å².